The lowest BCUT2D eigenvalue weighted by atomic mass is 10.2. The number of carbonyl (C=O) groups excluding carboxylic acids is 2. The molecule has 1 aliphatic carbocycles. The third-order valence-electron chi connectivity index (χ3n) is 3.77. The number of hydrogen-bond donors (Lipinski definition) is 1. The summed E-state index contributed by atoms with van der Waals surface area (Å²) in [5.74, 6) is -1.12. The molecule has 0 aromatic heterocycles. The third-order valence-corrected chi connectivity index (χ3v) is 4.14. The van der Waals surface area contributed by atoms with E-state index < -0.39 is 0 Å². The maximum atomic E-state index is 12.0. The van der Waals surface area contributed by atoms with Crippen molar-refractivity contribution >= 4 is 23.4 Å². The lowest BCUT2D eigenvalue weighted by Gasteiger charge is -2.18. The van der Waals surface area contributed by atoms with Gasteiger partial charge in [0.05, 0.1) is 18.4 Å². The van der Waals surface area contributed by atoms with E-state index in [4.69, 9.17) is 16.7 Å². The van der Waals surface area contributed by atoms with E-state index in [1.807, 2.05) is 6.07 Å². The van der Waals surface area contributed by atoms with E-state index >= 15 is 0 Å². The van der Waals surface area contributed by atoms with Crippen LogP contribution in [-0.4, -0.2) is 28.4 Å². The van der Waals surface area contributed by atoms with Gasteiger partial charge in [-0.3, -0.25) is 14.5 Å². The molecule has 0 radical (unpaired) electrons. The van der Waals surface area contributed by atoms with Gasteiger partial charge < -0.3 is 5.11 Å². The van der Waals surface area contributed by atoms with E-state index in [-0.39, 0.29) is 42.7 Å². The number of aliphatic hydroxyl groups is 1. The molecule has 1 saturated carbocycles. The van der Waals surface area contributed by atoms with Crippen LogP contribution >= 0.6 is 11.6 Å². The van der Waals surface area contributed by atoms with Gasteiger partial charge in [-0.15, -0.1) is 0 Å². The highest BCUT2D eigenvalue weighted by Crippen LogP contribution is 2.53. The number of likely N-dealkylation sites (tertiary alicyclic amines) is 1. The lowest BCUT2D eigenvalue weighted by Crippen LogP contribution is -2.34. The van der Waals surface area contributed by atoms with E-state index in [0.29, 0.717) is 5.02 Å². The Morgan fingerprint density at radius 1 is 1.17 bits per heavy atom. The third kappa shape index (κ3) is 1.56. The first-order valence-electron chi connectivity index (χ1n) is 5.84. The number of nitrogens with zero attached hydrogens (tertiary/aromatic N) is 1. The first-order chi connectivity index (χ1) is 8.65. The summed E-state index contributed by atoms with van der Waals surface area (Å²) in [7, 11) is 0. The second-order valence-electron chi connectivity index (χ2n) is 4.75. The summed E-state index contributed by atoms with van der Waals surface area (Å²) in [5, 5.41) is 9.58. The van der Waals surface area contributed by atoms with E-state index in [0.717, 1.165) is 5.56 Å². The monoisotopic (exact) mass is 265 g/mol. The fraction of sp³-hybridized carbons (Fsp3) is 0.385. The van der Waals surface area contributed by atoms with Crippen LogP contribution in [0.5, 0.6) is 0 Å². The number of aliphatic hydroxyl groups excluding tert-OH is 1. The maximum Gasteiger partial charge on any atom is 0.233 e. The van der Waals surface area contributed by atoms with Crippen molar-refractivity contribution in [1.29, 1.82) is 0 Å². The SMILES string of the molecule is O=C1C2C(CO)C2C(=O)N1Cc1ccccc1Cl. The molecule has 3 rings (SSSR count). The molecule has 94 valence electrons. The molecular weight excluding hydrogens is 254 g/mol. The van der Waals surface area contributed by atoms with Gasteiger partial charge in [0.2, 0.25) is 11.8 Å². The van der Waals surface area contributed by atoms with Crippen molar-refractivity contribution < 1.29 is 14.7 Å². The van der Waals surface area contributed by atoms with Crippen molar-refractivity contribution in [2.24, 2.45) is 17.8 Å². The van der Waals surface area contributed by atoms with Crippen molar-refractivity contribution in [3.05, 3.63) is 34.9 Å². The molecule has 2 atom stereocenters. The molecule has 1 saturated heterocycles. The Morgan fingerprint density at radius 3 is 2.33 bits per heavy atom. The molecule has 1 N–H and O–H groups in total. The van der Waals surface area contributed by atoms with E-state index in [1.54, 1.807) is 18.2 Å². The second-order valence-corrected chi connectivity index (χ2v) is 5.16. The van der Waals surface area contributed by atoms with Crippen LogP contribution in [0.2, 0.25) is 5.02 Å². The predicted molar refractivity (Wildman–Crippen MR) is 64.6 cm³/mol. The smallest absolute Gasteiger partial charge is 0.233 e. The van der Waals surface area contributed by atoms with Crippen LogP contribution in [-0.2, 0) is 16.1 Å². The molecule has 5 heteroatoms. The molecule has 1 heterocycles. The molecule has 2 aliphatic rings. The highest BCUT2D eigenvalue weighted by atomic mass is 35.5. The largest absolute Gasteiger partial charge is 0.396 e. The molecule has 18 heavy (non-hydrogen) atoms. The van der Waals surface area contributed by atoms with Gasteiger partial charge in [0.1, 0.15) is 0 Å². The van der Waals surface area contributed by atoms with Gasteiger partial charge in [-0.1, -0.05) is 29.8 Å². The Bertz CT molecular complexity index is 509. The van der Waals surface area contributed by atoms with Crippen molar-refractivity contribution in [2.75, 3.05) is 6.61 Å². The summed E-state index contributed by atoms with van der Waals surface area (Å²) in [6.07, 6.45) is 0. The molecule has 2 amide bonds. The standard InChI is InChI=1S/C13H12ClNO3/c14-9-4-2-1-3-7(9)5-15-12(17)10-8(6-16)11(10)13(15)18/h1-4,8,10-11,16H,5-6H2. The zero-order chi connectivity index (χ0) is 12.9. The van der Waals surface area contributed by atoms with E-state index in [1.165, 1.54) is 4.90 Å². The number of imide groups is 1. The van der Waals surface area contributed by atoms with Gasteiger partial charge in [-0.05, 0) is 11.6 Å². The average molecular weight is 266 g/mol. The summed E-state index contributed by atoms with van der Waals surface area (Å²) in [6.45, 7) is 0.134. The molecule has 2 fully saturated rings. The first kappa shape index (κ1) is 11.7. The minimum Gasteiger partial charge on any atom is -0.396 e. The van der Waals surface area contributed by atoms with Crippen LogP contribution in [0, 0.1) is 17.8 Å². The maximum absolute atomic E-state index is 12.0. The van der Waals surface area contributed by atoms with Gasteiger partial charge in [0, 0.05) is 17.5 Å². The number of fused-ring (bicyclic) bond motifs is 1. The minimum atomic E-state index is -0.301. The van der Waals surface area contributed by atoms with Gasteiger partial charge in [-0.2, -0.15) is 0 Å². The summed E-state index contributed by atoms with van der Waals surface area (Å²) in [6, 6.07) is 7.16. The molecule has 1 aromatic carbocycles. The zero-order valence-corrected chi connectivity index (χ0v) is 10.3. The number of amides is 2. The minimum absolute atomic E-state index is 0.0905. The van der Waals surface area contributed by atoms with Crippen LogP contribution in [0.3, 0.4) is 0 Å². The topological polar surface area (TPSA) is 57.6 Å². The van der Waals surface area contributed by atoms with Crippen molar-refractivity contribution in [2.45, 2.75) is 6.54 Å². The van der Waals surface area contributed by atoms with E-state index in [2.05, 4.69) is 0 Å². The normalized spacial score (nSPS) is 29.7. The number of piperidine rings is 1. The highest BCUT2D eigenvalue weighted by molar-refractivity contribution is 6.31. The quantitative estimate of drug-likeness (QED) is 0.832. The Balaban J connectivity index is 1.79. The molecule has 2 unspecified atom stereocenters. The highest BCUT2D eigenvalue weighted by Gasteiger charge is 2.66. The van der Waals surface area contributed by atoms with Crippen LogP contribution in [0.15, 0.2) is 24.3 Å². The van der Waals surface area contributed by atoms with Gasteiger partial charge in [-0.25, -0.2) is 0 Å². The number of halogens is 1. The van der Waals surface area contributed by atoms with Crippen LogP contribution in [0.25, 0.3) is 0 Å². The lowest BCUT2D eigenvalue weighted by molar-refractivity contribution is -0.143. The number of hydrogen-bond acceptors (Lipinski definition) is 3. The predicted octanol–water partition coefficient (Wildman–Crippen LogP) is 1.06. The molecule has 4 nitrogen and oxygen atoms in total. The first-order valence-corrected chi connectivity index (χ1v) is 6.22. The molecule has 0 bridgehead atoms. The van der Waals surface area contributed by atoms with Crippen LogP contribution in [0.1, 0.15) is 5.56 Å². The Kier molecular flexibility index (Phi) is 2.64. The van der Waals surface area contributed by atoms with Crippen LogP contribution in [0.4, 0.5) is 0 Å². The molecule has 1 aliphatic heterocycles. The second kappa shape index (κ2) is 4.07. The number of carbonyl (C=O) groups is 2. The van der Waals surface area contributed by atoms with E-state index in [9.17, 15) is 9.59 Å². The Hall–Kier alpha value is -1.39. The molecular formula is C13H12ClNO3. The molecule has 0 spiro atoms. The summed E-state index contributed by atoms with van der Waals surface area (Å²) in [5.41, 5.74) is 0.766. The fourth-order valence-corrected chi connectivity index (χ4v) is 2.89. The van der Waals surface area contributed by atoms with Gasteiger partial charge in [0.15, 0.2) is 0 Å². The average Bonchev–Trinajstić information content (AvgIpc) is 3.04. The Labute approximate surface area is 109 Å². The Morgan fingerprint density at radius 2 is 1.78 bits per heavy atom. The number of benzene rings is 1. The fourth-order valence-electron chi connectivity index (χ4n) is 2.70. The van der Waals surface area contributed by atoms with Crippen LogP contribution < -0.4 is 0 Å². The zero-order valence-electron chi connectivity index (χ0n) is 9.54. The van der Waals surface area contributed by atoms with Crippen molar-refractivity contribution in [3.8, 4) is 0 Å². The van der Waals surface area contributed by atoms with Gasteiger partial charge in [0.25, 0.3) is 0 Å². The van der Waals surface area contributed by atoms with Crippen molar-refractivity contribution in [3.63, 3.8) is 0 Å². The number of rotatable bonds is 3. The van der Waals surface area contributed by atoms with Gasteiger partial charge >= 0.3 is 0 Å². The summed E-state index contributed by atoms with van der Waals surface area (Å²) >= 11 is 6.01. The summed E-state index contributed by atoms with van der Waals surface area (Å²) in [4.78, 5) is 25.2. The molecule has 1 aromatic rings. The summed E-state index contributed by atoms with van der Waals surface area (Å²) < 4.78 is 0. The van der Waals surface area contributed by atoms with Crippen molar-refractivity contribution in [1.82, 2.24) is 4.90 Å².